The van der Waals surface area contributed by atoms with Crippen LogP contribution >= 0.6 is 0 Å². The Morgan fingerprint density at radius 3 is 2.26 bits per heavy atom. The maximum Gasteiger partial charge on any atom is 0.0665 e. The molecule has 112 valence electrons. The number of benzene rings is 3. The van der Waals surface area contributed by atoms with Gasteiger partial charge in [-0.15, -0.1) is 0 Å². The molecule has 0 atom stereocenters. The Morgan fingerprint density at radius 2 is 1.39 bits per heavy atom. The predicted octanol–water partition coefficient (Wildman–Crippen LogP) is 5.60. The molecular weight excluding hydrogens is 280 g/mol. The first-order valence-corrected chi connectivity index (χ1v) is 7.79. The summed E-state index contributed by atoms with van der Waals surface area (Å²) in [6, 6.07) is 27.5. The van der Waals surface area contributed by atoms with E-state index in [2.05, 4.69) is 102 Å². The minimum Gasteiger partial charge on any atom is -0.359 e. The monoisotopic (exact) mass is 298 g/mol. The fourth-order valence-corrected chi connectivity index (χ4v) is 3.09. The van der Waals surface area contributed by atoms with Crippen LogP contribution in [-0.2, 0) is 0 Å². The quantitative estimate of drug-likeness (QED) is 0.521. The Hall–Kier alpha value is -3.00. The van der Waals surface area contributed by atoms with Crippen molar-refractivity contribution >= 4 is 22.3 Å². The lowest BCUT2D eigenvalue weighted by molar-refractivity contribution is 1.22. The first-order chi connectivity index (χ1) is 11.3. The Bertz CT molecular complexity index is 938. The van der Waals surface area contributed by atoms with Crippen LogP contribution in [0.5, 0.6) is 0 Å². The van der Waals surface area contributed by atoms with Gasteiger partial charge in [0.2, 0.25) is 0 Å². The number of para-hydroxylation sites is 2. The Balaban J connectivity index is 1.85. The third-order valence-electron chi connectivity index (χ3n) is 4.28. The van der Waals surface area contributed by atoms with Gasteiger partial charge in [-0.2, -0.15) is 0 Å². The van der Waals surface area contributed by atoms with E-state index in [-0.39, 0.29) is 0 Å². The van der Waals surface area contributed by atoms with Crippen LogP contribution in [0, 0.1) is 0 Å². The van der Waals surface area contributed by atoms with E-state index in [0.29, 0.717) is 0 Å². The SMILES string of the molecule is CN(c1ccccc1-c1ccccc1)c1c[nH]c2ccccc12. The highest BCUT2D eigenvalue weighted by molar-refractivity contribution is 5.96. The number of rotatable bonds is 3. The van der Waals surface area contributed by atoms with Crippen molar-refractivity contribution in [3.05, 3.63) is 85.1 Å². The highest BCUT2D eigenvalue weighted by Crippen LogP contribution is 2.36. The summed E-state index contributed by atoms with van der Waals surface area (Å²) >= 11 is 0. The molecule has 0 spiro atoms. The van der Waals surface area contributed by atoms with Crippen molar-refractivity contribution in [1.29, 1.82) is 0 Å². The van der Waals surface area contributed by atoms with Crippen molar-refractivity contribution in [2.24, 2.45) is 0 Å². The number of nitrogens with zero attached hydrogens (tertiary/aromatic N) is 1. The average molecular weight is 298 g/mol. The lowest BCUT2D eigenvalue weighted by Gasteiger charge is -2.22. The summed E-state index contributed by atoms with van der Waals surface area (Å²) in [5, 5.41) is 1.23. The molecule has 4 rings (SSSR count). The summed E-state index contributed by atoms with van der Waals surface area (Å²) in [5.74, 6) is 0. The Morgan fingerprint density at radius 1 is 0.696 bits per heavy atom. The van der Waals surface area contributed by atoms with Crippen LogP contribution in [0.3, 0.4) is 0 Å². The number of aromatic nitrogens is 1. The van der Waals surface area contributed by atoms with Gasteiger partial charge in [0.05, 0.1) is 5.69 Å². The molecule has 2 nitrogen and oxygen atoms in total. The van der Waals surface area contributed by atoms with Crippen LogP contribution in [-0.4, -0.2) is 12.0 Å². The maximum absolute atomic E-state index is 3.36. The molecule has 1 heterocycles. The van der Waals surface area contributed by atoms with E-state index in [1.165, 1.54) is 27.9 Å². The number of hydrogen-bond donors (Lipinski definition) is 1. The van der Waals surface area contributed by atoms with Gasteiger partial charge in [0, 0.05) is 35.4 Å². The van der Waals surface area contributed by atoms with Gasteiger partial charge in [0.15, 0.2) is 0 Å². The van der Waals surface area contributed by atoms with E-state index >= 15 is 0 Å². The summed E-state index contributed by atoms with van der Waals surface area (Å²) in [7, 11) is 2.12. The molecule has 1 N–H and O–H groups in total. The van der Waals surface area contributed by atoms with E-state index < -0.39 is 0 Å². The van der Waals surface area contributed by atoms with Gasteiger partial charge in [-0.05, 0) is 17.7 Å². The van der Waals surface area contributed by atoms with Crippen LogP contribution in [0.25, 0.3) is 22.0 Å². The number of anilines is 2. The number of aromatic amines is 1. The second-order valence-electron chi connectivity index (χ2n) is 5.66. The lowest BCUT2D eigenvalue weighted by Crippen LogP contribution is -2.10. The van der Waals surface area contributed by atoms with Crippen LogP contribution in [0.4, 0.5) is 11.4 Å². The number of nitrogens with one attached hydrogen (secondary N) is 1. The van der Waals surface area contributed by atoms with E-state index in [1.807, 2.05) is 0 Å². The van der Waals surface area contributed by atoms with Crippen LogP contribution < -0.4 is 4.90 Å². The summed E-state index contributed by atoms with van der Waals surface area (Å²) in [5.41, 5.74) is 6.01. The largest absolute Gasteiger partial charge is 0.359 e. The summed E-state index contributed by atoms with van der Waals surface area (Å²) in [4.78, 5) is 5.61. The number of H-pyrrole nitrogens is 1. The summed E-state index contributed by atoms with van der Waals surface area (Å²) in [6.07, 6.45) is 2.08. The first-order valence-electron chi connectivity index (χ1n) is 7.79. The van der Waals surface area contributed by atoms with Crippen molar-refractivity contribution in [2.45, 2.75) is 0 Å². The minimum absolute atomic E-state index is 1.16. The second-order valence-corrected chi connectivity index (χ2v) is 5.66. The number of fused-ring (bicyclic) bond motifs is 1. The van der Waals surface area contributed by atoms with Gasteiger partial charge in [0.25, 0.3) is 0 Å². The van der Waals surface area contributed by atoms with Crippen molar-refractivity contribution in [3.63, 3.8) is 0 Å². The third-order valence-corrected chi connectivity index (χ3v) is 4.28. The predicted molar refractivity (Wildman–Crippen MR) is 98.2 cm³/mol. The molecule has 2 heteroatoms. The maximum atomic E-state index is 3.36. The van der Waals surface area contributed by atoms with Gasteiger partial charge in [-0.3, -0.25) is 0 Å². The molecule has 0 unspecified atom stereocenters. The topological polar surface area (TPSA) is 19.0 Å². The number of hydrogen-bond acceptors (Lipinski definition) is 1. The minimum atomic E-state index is 1.16. The summed E-state index contributed by atoms with van der Waals surface area (Å²) < 4.78 is 0. The van der Waals surface area contributed by atoms with Crippen LogP contribution in [0.1, 0.15) is 0 Å². The van der Waals surface area contributed by atoms with Gasteiger partial charge in [-0.1, -0.05) is 66.7 Å². The molecule has 0 saturated carbocycles. The zero-order valence-electron chi connectivity index (χ0n) is 13.0. The molecule has 1 aromatic heterocycles. The van der Waals surface area contributed by atoms with Gasteiger partial charge >= 0.3 is 0 Å². The van der Waals surface area contributed by atoms with Crippen molar-refractivity contribution in [3.8, 4) is 11.1 Å². The Kier molecular flexibility index (Phi) is 3.35. The fourth-order valence-electron chi connectivity index (χ4n) is 3.09. The van der Waals surface area contributed by atoms with E-state index in [4.69, 9.17) is 0 Å². The van der Waals surface area contributed by atoms with Gasteiger partial charge in [-0.25, -0.2) is 0 Å². The molecule has 4 aromatic rings. The standard InChI is InChI=1S/C21H18N2/c1-23(21-15-22-19-13-7-5-12-18(19)21)20-14-8-6-11-17(20)16-9-3-2-4-10-16/h2-15,22H,1H3. The van der Waals surface area contributed by atoms with E-state index in [0.717, 1.165) is 5.52 Å². The summed E-state index contributed by atoms with van der Waals surface area (Å²) in [6.45, 7) is 0. The molecule has 0 aliphatic carbocycles. The molecule has 0 aliphatic rings. The van der Waals surface area contributed by atoms with Gasteiger partial charge < -0.3 is 9.88 Å². The van der Waals surface area contributed by atoms with Gasteiger partial charge in [0.1, 0.15) is 0 Å². The van der Waals surface area contributed by atoms with Crippen molar-refractivity contribution in [2.75, 3.05) is 11.9 Å². The van der Waals surface area contributed by atoms with E-state index in [9.17, 15) is 0 Å². The molecule has 0 saturated heterocycles. The first kappa shape index (κ1) is 13.6. The molecule has 0 amide bonds. The lowest BCUT2D eigenvalue weighted by atomic mass is 10.0. The van der Waals surface area contributed by atoms with E-state index in [1.54, 1.807) is 0 Å². The highest BCUT2D eigenvalue weighted by atomic mass is 15.1. The van der Waals surface area contributed by atoms with Crippen LogP contribution in [0.15, 0.2) is 85.1 Å². The molecule has 0 aliphatic heterocycles. The zero-order chi connectivity index (χ0) is 15.6. The molecule has 0 fully saturated rings. The highest BCUT2D eigenvalue weighted by Gasteiger charge is 2.13. The van der Waals surface area contributed by atoms with Crippen LogP contribution in [0.2, 0.25) is 0 Å². The molecular formula is C21H18N2. The fraction of sp³-hybridized carbons (Fsp3) is 0.0476. The molecule has 23 heavy (non-hydrogen) atoms. The third kappa shape index (κ3) is 2.38. The molecule has 0 radical (unpaired) electrons. The van der Waals surface area contributed by atoms with Crippen molar-refractivity contribution < 1.29 is 0 Å². The second kappa shape index (κ2) is 5.65. The smallest absolute Gasteiger partial charge is 0.0665 e. The van der Waals surface area contributed by atoms with Crippen molar-refractivity contribution in [1.82, 2.24) is 4.98 Å². The average Bonchev–Trinajstić information content (AvgIpc) is 3.06. The molecule has 0 bridgehead atoms. The zero-order valence-corrected chi connectivity index (χ0v) is 13.0. The molecule has 3 aromatic carbocycles. The Labute approximate surface area is 136 Å². The normalized spacial score (nSPS) is 10.8.